The summed E-state index contributed by atoms with van der Waals surface area (Å²) in [4.78, 5) is 20.9. The maximum absolute atomic E-state index is 13.0. The Morgan fingerprint density at radius 2 is 2.14 bits per heavy atom. The number of hydrogen-bond acceptors (Lipinski definition) is 5. The molecule has 7 nitrogen and oxygen atoms in total. The molecule has 0 radical (unpaired) electrons. The SMILES string of the molecule is Nc1ncc2c(n1)CC=C2c1ccn2ncc(C(=O)NC3CC(F)(F)C3)c2c1. The summed E-state index contributed by atoms with van der Waals surface area (Å²) in [6.45, 7) is 0. The van der Waals surface area contributed by atoms with Crippen molar-refractivity contribution in [1.29, 1.82) is 0 Å². The van der Waals surface area contributed by atoms with E-state index in [1.807, 2.05) is 18.2 Å². The molecule has 3 aromatic rings. The predicted molar refractivity (Wildman–Crippen MR) is 97.9 cm³/mol. The zero-order valence-electron chi connectivity index (χ0n) is 14.7. The molecule has 1 amide bonds. The van der Waals surface area contributed by atoms with Crippen LogP contribution in [0.15, 0.2) is 36.8 Å². The summed E-state index contributed by atoms with van der Waals surface area (Å²) in [5.41, 5.74) is 10.2. The van der Waals surface area contributed by atoms with Crippen molar-refractivity contribution in [3.63, 3.8) is 0 Å². The summed E-state index contributed by atoms with van der Waals surface area (Å²) in [6, 6.07) is 3.24. The van der Waals surface area contributed by atoms with E-state index in [1.54, 1.807) is 16.9 Å². The first kappa shape index (κ1) is 16.8. The van der Waals surface area contributed by atoms with Gasteiger partial charge < -0.3 is 11.1 Å². The van der Waals surface area contributed by atoms with Crippen LogP contribution in [0.25, 0.3) is 11.1 Å². The Bertz CT molecular complexity index is 1140. The summed E-state index contributed by atoms with van der Waals surface area (Å²) in [5.74, 6) is -2.84. The van der Waals surface area contributed by atoms with Gasteiger partial charge >= 0.3 is 0 Å². The van der Waals surface area contributed by atoms with Gasteiger partial charge in [-0.05, 0) is 23.3 Å². The molecule has 0 bridgehead atoms. The Morgan fingerprint density at radius 3 is 2.93 bits per heavy atom. The monoisotopic (exact) mass is 382 g/mol. The average Bonchev–Trinajstić information content (AvgIpc) is 3.22. The summed E-state index contributed by atoms with van der Waals surface area (Å²) < 4.78 is 27.6. The highest BCUT2D eigenvalue weighted by Gasteiger charge is 2.46. The lowest BCUT2D eigenvalue weighted by Gasteiger charge is -2.35. The molecule has 3 heterocycles. The molecule has 9 heteroatoms. The number of carbonyl (C=O) groups excluding carboxylic acids is 1. The molecule has 0 spiro atoms. The van der Waals surface area contributed by atoms with E-state index in [2.05, 4.69) is 20.4 Å². The molecular weight excluding hydrogens is 366 g/mol. The van der Waals surface area contributed by atoms with Crippen molar-refractivity contribution in [2.24, 2.45) is 0 Å². The second kappa shape index (κ2) is 5.82. The number of rotatable bonds is 3. The van der Waals surface area contributed by atoms with Crippen LogP contribution in [0.2, 0.25) is 0 Å². The van der Waals surface area contributed by atoms with Gasteiger partial charge in [-0.1, -0.05) is 6.08 Å². The fourth-order valence-corrected chi connectivity index (χ4v) is 3.74. The summed E-state index contributed by atoms with van der Waals surface area (Å²) in [6.07, 6.45) is 6.96. The highest BCUT2D eigenvalue weighted by Crippen LogP contribution is 2.37. The minimum absolute atomic E-state index is 0.236. The van der Waals surface area contributed by atoms with Gasteiger partial charge in [0.2, 0.25) is 5.95 Å². The van der Waals surface area contributed by atoms with E-state index in [0.29, 0.717) is 17.5 Å². The van der Waals surface area contributed by atoms with Gasteiger partial charge in [0.1, 0.15) is 0 Å². The topological polar surface area (TPSA) is 98.2 Å². The Kier molecular flexibility index (Phi) is 3.49. The van der Waals surface area contributed by atoms with Crippen LogP contribution in [-0.4, -0.2) is 37.5 Å². The number of allylic oxidation sites excluding steroid dienone is 1. The lowest BCUT2D eigenvalue weighted by Crippen LogP contribution is -2.50. The van der Waals surface area contributed by atoms with E-state index in [9.17, 15) is 13.6 Å². The largest absolute Gasteiger partial charge is 0.368 e. The molecule has 2 aliphatic rings. The number of alkyl halides is 2. The van der Waals surface area contributed by atoms with E-state index in [0.717, 1.165) is 22.4 Å². The first-order chi connectivity index (χ1) is 13.4. The maximum atomic E-state index is 13.0. The Balaban J connectivity index is 1.46. The van der Waals surface area contributed by atoms with Crippen LogP contribution in [0.1, 0.15) is 40.0 Å². The molecule has 2 aliphatic carbocycles. The number of nitrogens with two attached hydrogens (primary N) is 1. The van der Waals surface area contributed by atoms with E-state index in [-0.39, 0.29) is 18.8 Å². The van der Waals surface area contributed by atoms with Crippen molar-refractivity contribution in [3.8, 4) is 0 Å². The summed E-state index contributed by atoms with van der Waals surface area (Å²) >= 11 is 0. The molecule has 3 aromatic heterocycles. The Labute approximate surface area is 158 Å². The van der Waals surface area contributed by atoms with Crippen molar-refractivity contribution in [3.05, 3.63) is 59.2 Å². The first-order valence-corrected chi connectivity index (χ1v) is 8.88. The molecule has 0 aliphatic heterocycles. The number of carbonyl (C=O) groups is 1. The van der Waals surface area contributed by atoms with Gasteiger partial charge in [0, 0.05) is 43.3 Å². The number of nitrogens with one attached hydrogen (secondary N) is 1. The lowest BCUT2D eigenvalue weighted by atomic mass is 9.88. The third-order valence-electron chi connectivity index (χ3n) is 5.18. The minimum atomic E-state index is -2.68. The van der Waals surface area contributed by atoms with Crippen molar-refractivity contribution in [2.45, 2.75) is 31.2 Å². The molecule has 0 saturated heterocycles. The third-order valence-corrected chi connectivity index (χ3v) is 5.18. The predicted octanol–water partition coefficient (Wildman–Crippen LogP) is 2.22. The van der Waals surface area contributed by atoms with Gasteiger partial charge in [-0.25, -0.2) is 23.3 Å². The first-order valence-electron chi connectivity index (χ1n) is 8.88. The Morgan fingerprint density at radius 1 is 1.32 bits per heavy atom. The van der Waals surface area contributed by atoms with Gasteiger partial charge in [0.05, 0.1) is 23.0 Å². The number of amides is 1. The number of nitrogen functional groups attached to an aromatic ring is 1. The van der Waals surface area contributed by atoms with Gasteiger partial charge in [-0.15, -0.1) is 0 Å². The van der Waals surface area contributed by atoms with E-state index >= 15 is 0 Å². The molecule has 0 unspecified atom stereocenters. The molecule has 142 valence electrons. The number of aromatic nitrogens is 4. The van der Waals surface area contributed by atoms with Crippen LogP contribution in [0.4, 0.5) is 14.7 Å². The number of halogens is 2. The summed E-state index contributed by atoms with van der Waals surface area (Å²) in [7, 11) is 0. The van der Waals surface area contributed by atoms with Crippen molar-refractivity contribution in [1.82, 2.24) is 24.9 Å². The van der Waals surface area contributed by atoms with Crippen molar-refractivity contribution >= 4 is 22.9 Å². The van der Waals surface area contributed by atoms with Crippen LogP contribution in [-0.2, 0) is 6.42 Å². The molecule has 1 fully saturated rings. The van der Waals surface area contributed by atoms with E-state index in [1.165, 1.54) is 6.20 Å². The molecule has 5 rings (SSSR count). The molecule has 1 saturated carbocycles. The van der Waals surface area contributed by atoms with Crippen LogP contribution >= 0.6 is 0 Å². The normalized spacial score (nSPS) is 17.9. The Hall–Kier alpha value is -3.36. The van der Waals surface area contributed by atoms with Gasteiger partial charge in [-0.2, -0.15) is 5.10 Å². The number of hydrogen-bond donors (Lipinski definition) is 2. The number of nitrogens with zero attached hydrogens (tertiary/aromatic N) is 4. The van der Waals surface area contributed by atoms with Gasteiger partial charge in [0.25, 0.3) is 11.8 Å². The molecule has 28 heavy (non-hydrogen) atoms. The zero-order valence-corrected chi connectivity index (χ0v) is 14.7. The molecule has 0 atom stereocenters. The highest BCUT2D eigenvalue weighted by molar-refractivity contribution is 6.01. The lowest BCUT2D eigenvalue weighted by molar-refractivity contribution is -0.0901. The third kappa shape index (κ3) is 2.70. The summed E-state index contributed by atoms with van der Waals surface area (Å²) in [5, 5.41) is 6.85. The minimum Gasteiger partial charge on any atom is -0.368 e. The van der Waals surface area contributed by atoms with Crippen LogP contribution in [0.3, 0.4) is 0 Å². The molecule has 3 N–H and O–H groups in total. The smallest absolute Gasteiger partial charge is 0.255 e. The maximum Gasteiger partial charge on any atom is 0.255 e. The van der Waals surface area contributed by atoms with Gasteiger partial charge in [0.15, 0.2) is 0 Å². The second-order valence-corrected chi connectivity index (χ2v) is 7.15. The zero-order chi connectivity index (χ0) is 19.5. The average molecular weight is 382 g/mol. The van der Waals surface area contributed by atoms with Crippen LogP contribution < -0.4 is 11.1 Å². The molecular formula is C19H16F2N6O. The standard InChI is InChI=1S/C19H16F2N6O/c20-19(21)6-11(7-19)25-17(28)14-9-24-27-4-3-10(5-16(14)27)12-1-2-15-13(12)8-23-18(22)26-15/h1,3-5,8-9,11H,2,6-7H2,(H,25,28)(H2,22,23,26). The van der Waals surface area contributed by atoms with Crippen LogP contribution in [0.5, 0.6) is 0 Å². The highest BCUT2D eigenvalue weighted by atomic mass is 19.3. The van der Waals surface area contributed by atoms with Crippen molar-refractivity contribution in [2.75, 3.05) is 5.73 Å². The van der Waals surface area contributed by atoms with E-state index < -0.39 is 17.9 Å². The number of fused-ring (bicyclic) bond motifs is 2. The fourth-order valence-electron chi connectivity index (χ4n) is 3.74. The fraction of sp³-hybridized carbons (Fsp3) is 0.263. The van der Waals surface area contributed by atoms with Crippen LogP contribution in [0, 0.1) is 0 Å². The van der Waals surface area contributed by atoms with Crippen molar-refractivity contribution < 1.29 is 13.6 Å². The quantitative estimate of drug-likeness (QED) is 0.724. The molecule has 0 aromatic carbocycles. The van der Waals surface area contributed by atoms with Gasteiger partial charge in [-0.3, -0.25) is 4.79 Å². The second-order valence-electron chi connectivity index (χ2n) is 7.15. The number of anilines is 1. The van der Waals surface area contributed by atoms with E-state index in [4.69, 9.17) is 5.73 Å². The number of pyridine rings is 1.